The van der Waals surface area contributed by atoms with E-state index in [1.807, 2.05) is 0 Å². The number of benzene rings is 1. The quantitative estimate of drug-likeness (QED) is 0.672. The molecule has 1 aromatic heterocycles. The SMILES string of the molecule is COc1cccc(C(NN)c2ncc(Cl)cc2Cl)c1F. The first-order valence-corrected chi connectivity index (χ1v) is 6.43. The number of nitrogens with zero attached hydrogens (tertiary/aromatic N) is 1. The van der Waals surface area contributed by atoms with Crippen molar-refractivity contribution in [1.29, 1.82) is 0 Å². The predicted molar refractivity (Wildman–Crippen MR) is 76.4 cm³/mol. The highest BCUT2D eigenvalue weighted by Gasteiger charge is 2.22. The summed E-state index contributed by atoms with van der Waals surface area (Å²) in [5, 5.41) is 0.684. The Kier molecular flexibility index (Phi) is 4.77. The molecule has 0 aliphatic rings. The molecule has 20 heavy (non-hydrogen) atoms. The summed E-state index contributed by atoms with van der Waals surface area (Å²) in [5.41, 5.74) is 3.16. The van der Waals surface area contributed by atoms with E-state index >= 15 is 0 Å². The largest absolute Gasteiger partial charge is 0.494 e. The number of pyridine rings is 1. The zero-order valence-corrected chi connectivity index (χ0v) is 12.0. The van der Waals surface area contributed by atoms with E-state index in [1.165, 1.54) is 25.4 Å². The van der Waals surface area contributed by atoms with E-state index in [9.17, 15) is 4.39 Å². The lowest BCUT2D eigenvalue weighted by atomic mass is 10.0. The molecule has 0 amide bonds. The Morgan fingerprint density at radius 3 is 2.75 bits per heavy atom. The van der Waals surface area contributed by atoms with Gasteiger partial charge in [-0.3, -0.25) is 10.8 Å². The monoisotopic (exact) mass is 315 g/mol. The van der Waals surface area contributed by atoms with Crippen LogP contribution in [0, 0.1) is 5.82 Å². The lowest BCUT2D eigenvalue weighted by Gasteiger charge is -2.18. The summed E-state index contributed by atoms with van der Waals surface area (Å²) in [5.74, 6) is 5.11. The fourth-order valence-corrected chi connectivity index (χ4v) is 2.35. The van der Waals surface area contributed by atoms with Crippen molar-refractivity contribution in [3.63, 3.8) is 0 Å². The molecule has 1 atom stereocenters. The van der Waals surface area contributed by atoms with Crippen molar-refractivity contribution >= 4 is 23.2 Å². The van der Waals surface area contributed by atoms with Crippen LogP contribution in [0.25, 0.3) is 0 Å². The molecule has 7 heteroatoms. The molecule has 0 saturated carbocycles. The maximum absolute atomic E-state index is 14.3. The van der Waals surface area contributed by atoms with Gasteiger partial charge in [-0.15, -0.1) is 0 Å². The normalized spacial score (nSPS) is 12.2. The van der Waals surface area contributed by atoms with Crippen LogP contribution >= 0.6 is 23.2 Å². The fourth-order valence-electron chi connectivity index (χ4n) is 1.86. The Hall–Kier alpha value is -1.40. The van der Waals surface area contributed by atoms with E-state index < -0.39 is 11.9 Å². The van der Waals surface area contributed by atoms with Gasteiger partial charge < -0.3 is 4.74 Å². The summed E-state index contributed by atoms with van der Waals surface area (Å²) in [6, 6.07) is 5.56. The number of methoxy groups -OCH3 is 1. The Bertz CT molecular complexity index is 625. The van der Waals surface area contributed by atoms with Crippen LogP contribution in [-0.2, 0) is 0 Å². The lowest BCUT2D eigenvalue weighted by molar-refractivity contribution is 0.381. The van der Waals surface area contributed by atoms with E-state index in [2.05, 4.69) is 10.4 Å². The molecule has 0 aliphatic heterocycles. The minimum Gasteiger partial charge on any atom is -0.494 e. The molecular formula is C13H12Cl2FN3O. The Morgan fingerprint density at radius 1 is 1.40 bits per heavy atom. The van der Waals surface area contributed by atoms with Crippen molar-refractivity contribution in [2.45, 2.75) is 6.04 Å². The molecule has 1 unspecified atom stereocenters. The lowest BCUT2D eigenvalue weighted by Crippen LogP contribution is -2.30. The van der Waals surface area contributed by atoms with Gasteiger partial charge in [0.2, 0.25) is 0 Å². The van der Waals surface area contributed by atoms with Gasteiger partial charge in [0, 0.05) is 11.8 Å². The number of rotatable bonds is 4. The molecule has 0 aliphatic carbocycles. The standard InChI is InChI=1S/C13H12Cl2FN3O/c1-20-10-4-2-3-8(11(10)16)12(19-17)13-9(15)5-7(14)6-18-13/h2-6,12,19H,17H2,1H3. The summed E-state index contributed by atoms with van der Waals surface area (Å²) < 4.78 is 19.2. The molecule has 1 aromatic carbocycles. The van der Waals surface area contributed by atoms with Crippen LogP contribution < -0.4 is 16.0 Å². The Balaban J connectivity index is 2.52. The van der Waals surface area contributed by atoms with Crippen LogP contribution in [0.5, 0.6) is 5.75 Å². The minimum absolute atomic E-state index is 0.118. The van der Waals surface area contributed by atoms with Gasteiger partial charge in [0.1, 0.15) is 0 Å². The minimum atomic E-state index is -0.713. The maximum atomic E-state index is 14.3. The second kappa shape index (κ2) is 6.37. The molecule has 0 saturated heterocycles. The van der Waals surface area contributed by atoms with Crippen LogP contribution in [0.4, 0.5) is 4.39 Å². The smallest absolute Gasteiger partial charge is 0.170 e. The highest BCUT2D eigenvalue weighted by atomic mass is 35.5. The van der Waals surface area contributed by atoms with Crippen molar-refractivity contribution in [3.8, 4) is 5.75 Å². The molecule has 1 heterocycles. The average Bonchev–Trinajstić information content (AvgIpc) is 2.43. The van der Waals surface area contributed by atoms with E-state index in [4.69, 9.17) is 33.8 Å². The number of halogens is 3. The first kappa shape index (κ1) is 15.0. The van der Waals surface area contributed by atoms with Gasteiger partial charge in [0.15, 0.2) is 11.6 Å². The number of hydrazine groups is 1. The Morgan fingerprint density at radius 2 is 2.15 bits per heavy atom. The van der Waals surface area contributed by atoms with E-state index in [0.29, 0.717) is 15.7 Å². The van der Waals surface area contributed by atoms with Crippen LogP contribution in [0.3, 0.4) is 0 Å². The van der Waals surface area contributed by atoms with Gasteiger partial charge >= 0.3 is 0 Å². The molecule has 0 radical (unpaired) electrons. The number of nitrogens with one attached hydrogen (secondary N) is 1. The molecule has 0 spiro atoms. The molecule has 2 rings (SSSR count). The first-order valence-electron chi connectivity index (χ1n) is 5.68. The highest BCUT2D eigenvalue weighted by Crippen LogP contribution is 2.32. The average molecular weight is 316 g/mol. The van der Waals surface area contributed by atoms with Gasteiger partial charge in [-0.1, -0.05) is 35.3 Å². The molecule has 3 N–H and O–H groups in total. The number of hydrogen-bond acceptors (Lipinski definition) is 4. The van der Waals surface area contributed by atoms with E-state index in [1.54, 1.807) is 12.1 Å². The summed E-state index contributed by atoms with van der Waals surface area (Å²) in [7, 11) is 1.39. The topological polar surface area (TPSA) is 60.2 Å². The number of ether oxygens (including phenoxy) is 1. The fraction of sp³-hybridized carbons (Fsp3) is 0.154. The third-order valence-electron chi connectivity index (χ3n) is 2.80. The van der Waals surface area contributed by atoms with Crippen molar-refractivity contribution in [3.05, 3.63) is 57.6 Å². The van der Waals surface area contributed by atoms with Crippen molar-refractivity contribution in [1.82, 2.24) is 10.4 Å². The summed E-state index contributed by atoms with van der Waals surface area (Å²) in [6.45, 7) is 0. The second-order valence-electron chi connectivity index (χ2n) is 3.98. The van der Waals surface area contributed by atoms with Crippen LogP contribution in [0.2, 0.25) is 10.0 Å². The molecule has 2 aromatic rings. The first-order chi connectivity index (χ1) is 9.58. The van der Waals surface area contributed by atoms with Crippen molar-refractivity contribution in [2.24, 2.45) is 5.84 Å². The van der Waals surface area contributed by atoms with Gasteiger partial charge in [-0.25, -0.2) is 9.82 Å². The zero-order chi connectivity index (χ0) is 14.7. The maximum Gasteiger partial charge on any atom is 0.170 e. The summed E-state index contributed by atoms with van der Waals surface area (Å²) >= 11 is 11.9. The third kappa shape index (κ3) is 2.86. The van der Waals surface area contributed by atoms with Crippen LogP contribution in [-0.4, -0.2) is 12.1 Å². The summed E-state index contributed by atoms with van der Waals surface area (Å²) in [4.78, 5) is 4.11. The molecule has 106 valence electrons. The number of aromatic nitrogens is 1. The Labute approximate surface area is 125 Å². The van der Waals surface area contributed by atoms with E-state index in [0.717, 1.165) is 0 Å². The summed E-state index contributed by atoms with van der Waals surface area (Å²) in [6.07, 6.45) is 1.42. The van der Waals surface area contributed by atoms with Gasteiger partial charge in [-0.2, -0.15) is 0 Å². The number of nitrogens with two attached hydrogens (primary N) is 1. The van der Waals surface area contributed by atoms with Crippen LogP contribution in [0.1, 0.15) is 17.3 Å². The zero-order valence-electron chi connectivity index (χ0n) is 10.5. The predicted octanol–water partition coefficient (Wildman–Crippen LogP) is 3.09. The van der Waals surface area contributed by atoms with E-state index in [-0.39, 0.29) is 11.3 Å². The van der Waals surface area contributed by atoms with Crippen molar-refractivity contribution < 1.29 is 9.13 Å². The molecular weight excluding hydrogens is 304 g/mol. The second-order valence-corrected chi connectivity index (χ2v) is 4.83. The van der Waals surface area contributed by atoms with Gasteiger partial charge in [0.25, 0.3) is 0 Å². The molecule has 0 bridgehead atoms. The van der Waals surface area contributed by atoms with Crippen molar-refractivity contribution in [2.75, 3.05) is 7.11 Å². The number of hydrogen-bond donors (Lipinski definition) is 2. The third-order valence-corrected chi connectivity index (χ3v) is 3.31. The van der Waals surface area contributed by atoms with Crippen LogP contribution in [0.15, 0.2) is 30.5 Å². The van der Waals surface area contributed by atoms with Gasteiger partial charge in [0.05, 0.1) is 28.9 Å². The highest BCUT2D eigenvalue weighted by molar-refractivity contribution is 6.34. The van der Waals surface area contributed by atoms with Gasteiger partial charge in [-0.05, 0) is 12.1 Å². The molecule has 0 fully saturated rings. The molecule has 4 nitrogen and oxygen atoms in total.